The van der Waals surface area contributed by atoms with E-state index in [9.17, 15) is 4.79 Å². The number of aromatic amines is 1. The van der Waals surface area contributed by atoms with E-state index in [1.54, 1.807) is 12.3 Å². The smallest absolute Gasteiger partial charge is 0.255 e. The molecule has 2 heterocycles. The van der Waals surface area contributed by atoms with E-state index in [2.05, 4.69) is 19.9 Å². The van der Waals surface area contributed by atoms with Crippen molar-refractivity contribution in [3.8, 4) is 11.5 Å². The third-order valence-corrected chi connectivity index (χ3v) is 1.92. The van der Waals surface area contributed by atoms with Gasteiger partial charge in [-0.25, -0.2) is 15.0 Å². The Morgan fingerprint density at radius 3 is 2.87 bits per heavy atom. The van der Waals surface area contributed by atoms with Crippen LogP contribution in [0.3, 0.4) is 0 Å². The molecule has 2 aromatic rings. The molecule has 3 N–H and O–H groups in total. The predicted octanol–water partition coefficient (Wildman–Crippen LogP) is -0.314. The average Bonchev–Trinajstić information content (AvgIpc) is 2.30. The second-order valence-electron chi connectivity index (χ2n) is 2.88. The van der Waals surface area contributed by atoms with Gasteiger partial charge in [-0.3, -0.25) is 4.79 Å². The van der Waals surface area contributed by atoms with E-state index in [1.807, 2.05) is 0 Å². The molecule has 0 bridgehead atoms. The molecule has 0 aliphatic heterocycles. The zero-order chi connectivity index (χ0) is 10.7. The monoisotopic (exact) mass is 203 g/mol. The summed E-state index contributed by atoms with van der Waals surface area (Å²) < 4.78 is 0. The number of aromatic nitrogens is 4. The van der Waals surface area contributed by atoms with Crippen LogP contribution in [0.15, 0.2) is 29.6 Å². The Kier molecular flexibility index (Phi) is 2.51. The summed E-state index contributed by atoms with van der Waals surface area (Å²) in [5, 5.41) is 0. The van der Waals surface area contributed by atoms with Gasteiger partial charge >= 0.3 is 0 Å². The van der Waals surface area contributed by atoms with Crippen molar-refractivity contribution in [3.63, 3.8) is 0 Å². The first-order chi connectivity index (χ1) is 7.31. The standard InChI is InChI=1S/C9H9N5O/c10-3-6-4-12-8(14-9(6)15)7-1-2-11-5-13-7/h1-2,4-5H,3,10H2,(H,12,14,15). The summed E-state index contributed by atoms with van der Waals surface area (Å²) in [4.78, 5) is 25.8. The minimum atomic E-state index is -0.235. The Bertz CT molecular complexity index is 507. The molecule has 6 nitrogen and oxygen atoms in total. The highest BCUT2D eigenvalue weighted by atomic mass is 16.1. The molecule has 0 fully saturated rings. The van der Waals surface area contributed by atoms with Crippen molar-refractivity contribution in [2.24, 2.45) is 5.73 Å². The van der Waals surface area contributed by atoms with Crippen LogP contribution in [0.2, 0.25) is 0 Å². The van der Waals surface area contributed by atoms with Crippen LogP contribution < -0.4 is 11.3 Å². The molecule has 2 rings (SSSR count). The topological polar surface area (TPSA) is 97.5 Å². The summed E-state index contributed by atoms with van der Waals surface area (Å²) in [5.74, 6) is 0.416. The lowest BCUT2D eigenvalue weighted by atomic mass is 10.3. The van der Waals surface area contributed by atoms with Gasteiger partial charge in [-0.15, -0.1) is 0 Å². The van der Waals surface area contributed by atoms with Crippen LogP contribution in [0.25, 0.3) is 11.5 Å². The van der Waals surface area contributed by atoms with E-state index in [0.717, 1.165) is 0 Å². The maximum Gasteiger partial charge on any atom is 0.255 e. The molecule has 0 amide bonds. The quantitative estimate of drug-likeness (QED) is 0.697. The number of H-pyrrole nitrogens is 1. The van der Waals surface area contributed by atoms with Gasteiger partial charge in [-0.1, -0.05) is 0 Å². The summed E-state index contributed by atoms with van der Waals surface area (Å²) in [5.41, 5.74) is 6.15. The van der Waals surface area contributed by atoms with Crippen LogP contribution >= 0.6 is 0 Å². The van der Waals surface area contributed by atoms with Gasteiger partial charge in [0.15, 0.2) is 5.82 Å². The number of hydrogen-bond donors (Lipinski definition) is 2. The van der Waals surface area contributed by atoms with Gasteiger partial charge in [0, 0.05) is 24.5 Å². The fraction of sp³-hybridized carbons (Fsp3) is 0.111. The predicted molar refractivity (Wildman–Crippen MR) is 53.8 cm³/mol. The third-order valence-electron chi connectivity index (χ3n) is 1.92. The van der Waals surface area contributed by atoms with Crippen LogP contribution in [0.4, 0.5) is 0 Å². The van der Waals surface area contributed by atoms with Crippen molar-refractivity contribution in [2.45, 2.75) is 6.54 Å². The average molecular weight is 203 g/mol. The Balaban J connectivity index is 2.48. The third kappa shape index (κ3) is 1.89. The first-order valence-electron chi connectivity index (χ1n) is 4.36. The van der Waals surface area contributed by atoms with Gasteiger partial charge in [0.2, 0.25) is 0 Å². The van der Waals surface area contributed by atoms with Gasteiger partial charge in [0.25, 0.3) is 5.56 Å². The lowest BCUT2D eigenvalue weighted by Gasteiger charge is -1.99. The van der Waals surface area contributed by atoms with Crippen LogP contribution in [0.1, 0.15) is 5.56 Å². The van der Waals surface area contributed by atoms with E-state index in [0.29, 0.717) is 17.1 Å². The molecule has 0 unspecified atom stereocenters. The molecule has 0 saturated carbocycles. The molecule has 0 spiro atoms. The normalized spacial score (nSPS) is 10.2. The zero-order valence-corrected chi connectivity index (χ0v) is 7.84. The van der Waals surface area contributed by atoms with E-state index >= 15 is 0 Å². The maximum absolute atomic E-state index is 11.4. The summed E-state index contributed by atoms with van der Waals surface area (Å²) >= 11 is 0. The molecule has 6 heteroatoms. The maximum atomic E-state index is 11.4. The molecule has 0 aliphatic carbocycles. The van der Waals surface area contributed by atoms with Crippen molar-refractivity contribution < 1.29 is 0 Å². The molecular weight excluding hydrogens is 194 g/mol. The first kappa shape index (κ1) is 9.47. The molecule has 0 radical (unpaired) electrons. The van der Waals surface area contributed by atoms with Crippen LogP contribution in [-0.2, 0) is 6.54 Å². The lowest BCUT2D eigenvalue weighted by molar-refractivity contribution is 0.972. The Morgan fingerprint density at radius 1 is 1.40 bits per heavy atom. The molecule has 0 aliphatic rings. The van der Waals surface area contributed by atoms with E-state index in [4.69, 9.17) is 5.73 Å². The molecule has 15 heavy (non-hydrogen) atoms. The molecular formula is C9H9N5O. The highest BCUT2D eigenvalue weighted by molar-refractivity contribution is 5.46. The summed E-state index contributed by atoms with van der Waals surface area (Å²) in [6.45, 7) is 0.173. The molecule has 0 aromatic carbocycles. The van der Waals surface area contributed by atoms with Crippen LogP contribution in [0.5, 0.6) is 0 Å². The van der Waals surface area contributed by atoms with Crippen molar-refractivity contribution in [1.29, 1.82) is 0 Å². The summed E-state index contributed by atoms with van der Waals surface area (Å²) in [6, 6.07) is 1.67. The van der Waals surface area contributed by atoms with Crippen molar-refractivity contribution in [1.82, 2.24) is 19.9 Å². The summed E-state index contributed by atoms with van der Waals surface area (Å²) in [6.07, 6.45) is 4.43. The Morgan fingerprint density at radius 2 is 2.27 bits per heavy atom. The lowest BCUT2D eigenvalue weighted by Crippen LogP contribution is -2.17. The number of nitrogens with one attached hydrogen (secondary N) is 1. The Labute approximate surface area is 85.2 Å². The second-order valence-corrected chi connectivity index (χ2v) is 2.88. The SMILES string of the molecule is NCc1cnc(-c2ccncn2)[nH]c1=O. The number of nitrogens with two attached hydrogens (primary N) is 1. The molecule has 2 aromatic heterocycles. The van der Waals surface area contributed by atoms with E-state index < -0.39 is 0 Å². The first-order valence-corrected chi connectivity index (χ1v) is 4.36. The van der Waals surface area contributed by atoms with Crippen molar-refractivity contribution in [2.75, 3.05) is 0 Å². The van der Waals surface area contributed by atoms with Crippen molar-refractivity contribution >= 4 is 0 Å². The molecule has 0 saturated heterocycles. The van der Waals surface area contributed by atoms with Crippen LogP contribution in [-0.4, -0.2) is 19.9 Å². The minimum Gasteiger partial charge on any atom is -0.326 e. The zero-order valence-electron chi connectivity index (χ0n) is 7.84. The van der Waals surface area contributed by atoms with E-state index in [1.165, 1.54) is 12.5 Å². The largest absolute Gasteiger partial charge is 0.326 e. The number of rotatable bonds is 2. The van der Waals surface area contributed by atoms with Gasteiger partial charge in [0.1, 0.15) is 12.0 Å². The molecule has 76 valence electrons. The van der Waals surface area contributed by atoms with Gasteiger partial charge in [-0.2, -0.15) is 0 Å². The van der Waals surface area contributed by atoms with E-state index in [-0.39, 0.29) is 12.1 Å². The number of nitrogens with zero attached hydrogens (tertiary/aromatic N) is 3. The fourth-order valence-electron chi connectivity index (χ4n) is 1.13. The Hall–Kier alpha value is -2.08. The number of hydrogen-bond acceptors (Lipinski definition) is 5. The van der Waals surface area contributed by atoms with Crippen molar-refractivity contribution in [3.05, 3.63) is 40.7 Å². The fourth-order valence-corrected chi connectivity index (χ4v) is 1.13. The van der Waals surface area contributed by atoms with Gasteiger partial charge < -0.3 is 10.7 Å². The second kappa shape index (κ2) is 3.97. The van der Waals surface area contributed by atoms with Gasteiger partial charge in [-0.05, 0) is 6.07 Å². The highest BCUT2D eigenvalue weighted by Gasteiger charge is 2.03. The minimum absolute atomic E-state index is 0.173. The van der Waals surface area contributed by atoms with Crippen LogP contribution in [0, 0.1) is 0 Å². The summed E-state index contributed by atoms with van der Waals surface area (Å²) in [7, 11) is 0. The van der Waals surface area contributed by atoms with Gasteiger partial charge in [0.05, 0.1) is 0 Å². The molecule has 0 atom stereocenters. The highest BCUT2D eigenvalue weighted by Crippen LogP contribution is 2.06.